The van der Waals surface area contributed by atoms with Gasteiger partial charge < -0.3 is 0 Å². The number of aryl methyl sites for hydroxylation is 1. The SMILES string of the molecule is Cc1cc(NS(=O)(=O)Cc2ccc(F)cc2)cnc1Br. The first-order valence-electron chi connectivity index (χ1n) is 5.73. The number of halogens is 2. The Bertz CT molecular complexity index is 718. The molecule has 1 aromatic heterocycles. The van der Waals surface area contributed by atoms with Gasteiger partial charge in [-0.25, -0.2) is 17.8 Å². The maximum Gasteiger partial charge on any atom is 0.236 e. The molecule has 0 saturated heterocycles. The lowest BCUT2D eigenvalue weighted by Gasteiger charge is -2.09. The highest BCUT2D eigenvalue weighted by Gasteiger charge is 2.12. The van der Waals surface area contributed by atoms with E-state index in [0.29, 0.717) is 15.9 Å². The molecule has 0 atom stereocenters. The minimum atomic E-state index is -3.56. The third kappa shape index (κ3) is 4.01. The van der Waals surface area contributed by atoms with Crippen LogP contribution in [-0.2, 0) is 15.8 Å². The molecule has 106 valence electrons. The monoisotopic (exact) mass is 358 g/mol. The molecule has 1 N–H and O–H groups in total. The summed E-state index contributed by atoms with van der Waals surface area (Å²) >= 11 is 3.25. The van der Waals surface area contributed by atoms with Crippen LogP contribution in [0, 0.1) is 12.7 Å². The number of hydrogen-bond acceptors (Lipinski definition) is 3. The van der Waals surface area contributed by atoms with Crippen molar-refractivity contribution in [2.45, 2.75) is 12.7 Å². The van der Waals surface area contributed by atoms with E-state index in [1.54, 1.807) is 6.07 Å². The largest absolute Gasteiger partial charge is 0.282 e. The van der Waals surface area contributed by atoms with Gasteiger partial charge in [-0.2, -0.15) is 0 Å². The van der Waals surface area contributed by atoms with Gasteiger partial charge in [0.25, 0.3) is 0 Å². The third-order valence-electron chi connectivity index (χ3n) is 2.56. The maximum absolute atomic E-state index is 12.8. The second-order valence-electron chi connectivity index (χ2n) is 4.32. The van der Waals surface area contributed by atoms with Gasteiger partial charge >= 0.3 is 0 Å². The molecular weight excluding hydrogens is 347 g/mol. The van der Waals surface area contributed by atoms with E-state index >= 15 is 0 Å². The van der Waals surface area contributed by atoms with Crippen molar-refractivity contribution in [3.8, 4) is 0 Å². The van der Waals surface area contributed by atoms with Crippen LogP contribution in [0.5, 0.6) is 0 Å². The number of rotatable bonds is 4. The van der Waals surface area contributed by atoms with Gasteiger partial charge in [-0.3, -0.25) is 4.72 Å². The minimum Gasteiger partial charge on any atom is -0.282 e. The number of nitrogens with zero attached hydrogens (tertiary/aromatic N) is 1. The molecule has 0 saturated carbocycles. The molecule has 0 unspecified atom stereocenters. The smallest absolute Gasteiger partial charge is 0.236 e. The molecule has 4 nitrogen and oxygen atoms in total. The van der Waals surface area contributed by atoms with Crippen molar-refractivity contribution >= 4 is 31.6 Å². The van der Waals surface area contributed by atoms with Crippen molar-refractivity contribution in [3.63, 3.8) is 0 Å². The van der Waals surface area contributed by atoms with E-state index in [1.165, 1.54) is 30.5 Å². The van der Waals surface area contributed by atoms with Crippen LogP contribution in [0.4, 0.5) is 10.1 Å². The first-order valence-corrected chi connectivity index (χ1v) is 8.17. The lowest BCUT2D eigenvalue weighted by atomic mass is 10.2. The molecule has 0 aliphatic rings. The predicted molar refractivity (Wildman–Crippen MR) is 79.3 cm³/mol. The molecule has 0 fully saturated rings. The summed E-state index contributed by atoms with van der Waals surface area (Å²) in [5.41, 5.74) is 1.74. The number of sulfonamides is 1. The minimum absolute atomic E-state index is 0.220. The van der Waals surface area contributed by atoms with E-state index in [4.69, 9.17) is 0 Å². The van der Waals surface area contributed by atoms with Crippen LogP contribution in [0.25, 0.3) is 0 Å². The summed E-state index contributed by atoms with van der Waals surface area (Å²) in [6.45, 7) is 1.81. The zero-order valence-electron chi connectivity index (χ0n) is 10.6. The fourth-order valence-electron chi connectivity index (χ4n) is 1.63. The van der Waals surface area contributed by atoms with E-state index in [0.717, 1.165) is 5.56 Å². The summed E-state index contributed by atoms with van der Waals surface area (Å²) in [4.78, 5) is 4.02. The van der Waals surface area contributed by atoms with Gasteiger partial charge in [0.05, 0.1) is 17.6 Å². The van der Waals surface area contributed by atoms with Gasteiger partial charge in [0.2, 0.25) is 10.0 Å². The van der Waals surface area contributed by atoms with Crippen LogP contribution in [0.3, 0.4) is 0 Å². The number of aromatic nitrogens is 1. The van der Waals surface area contributed by atoms with Gasteiger partial charge in [0.1, 0.15) is 10.4 Å². The van der Waals surface area contributed by atoms with Crippen LogP contribution in [0.15, 0.2) is 41.1 Å². The van der Waals surface area contributed by atoms with Crippen molar-refractivity contribution in [1.82, 2.24) is 4.98 Å². The molecular formula is C13H12BrFN2O2S. The van der Waals surface area contributed by atoms with Crippen LogP contribution in [0.1, 0.15) is 11.1 Å². The number of benzene rings is 1. The Morgan fingerprint density at radius 3 is 2.55 bits per heavy atom. The summed E-state index contributed by atoms with van der Waals surface area (Å²) in [5, 5.41) is 0. The Morgan fingerprint density at radius 2 is 1.95 bits per heavy atom. The molecule has 2 aromatic rings. The summed E-state index contributed by atoms with van der Waals surface area (Å²) < 4.78 is 39.9. The fraction of sp³-hybridized carbons (Fsp3) is 0.154. The molecule has 0 spiro atoms. The third-order valence-corrected chi connectivity index (χ3v) is 4.65. The van der Waals surface area contributed by atoms with E-state index in [9.17, 15) is 12.8 Å². The highest BCUT2D eigenvalue weighted by atomic mass is 79.9. The van der Waals surface area contributed by atoms with Crippen molar-refractivity contribution in [2.24, 2.45) is 0 Å². The zero-order chi connectivity index (χ0) is 14.8. The maximum atomic E-state index is 12.8. The highest BCUT2D eigenvalue weighted by Crippen LogP contribution is 2.18. The van der Waals surface area contributed by atoms with E-state index in [2.05, 4.69) is 25.6 Å². The molecule has 0 radical (unpaired) electrons. The van der Waals surface area contributed by atoms with E-state index in [-0.39, 0.29) is 5.75 Å². The van der Waals surface area contributed by atoms with Crippen LogP contribution in [0.2, 0.25) is 0 Å². The Balaban J connectivity index is 2.14. The van der Waals surface area contributed by atoms with E-state index < -0.39 is 15.8 Å². The zero-order valence-corrected chi connectivity index (χ0v) is 13.0. The second kappa shape index (κ2) is 5.88. The molecule has 7 heteroatoms. The topological polar surface area (TPSA) is 59.1 Å². The highest BCUT2D eigenvalue weighted by molar-refractivity contribution is 9.10. The summed E-state index contributed by atoms with van der Waals surface area (Å²) in [6, 6.07) is 7.03. The fourth-order valence-corrected chi connectivity index (χ4v) is 3.02. The summed E-state index contributed by atoms with van der Waals surface area (Å²) in [6.07, 6.45) is 1.43. The number of pyridine rings is 1. The standard InChI is InChI=1S/C13H12BrFN2O2S/c1-9-6-12(7-16-13(9)14)17-20(18,19)8-10-2-4-11(15)5-3-10/h2-7,17H,8H2,1H3. The first-order chi connectivity index (χ1) is 9.35. The molecule has 2 rings (SSSR count). The van der Waals surface area contributed by atoms with Crippen LogP contribution < -0.4 is 4.72 Å². The Hall–Kier alpha value is -1.47. The van der Waals surface area contributed by atoms with Crippen molar-refractivity contribution < 1.29 is 12.8 Å². The van der Waals surface area contributed by atoms with Crippen molar-refractivity contribution in [1.29, 1.82) is 0 Å². The Labute approximate surface area is 125 Å². The average Bonchev–Trinajstić information content (AvgIpc) is 2.36. The summed E-state index contributed by atoms with van der Waals surface area (Å²) in [5.74, 6) is -0.616. The average molecular weight is 359 g/mol. The second-order valence-corrected chi connectivity index (χ2v) is 6.79. The molecule has 0 amide bonds. The van der Waals surface area contributed by atoms with Gasteiger partial charge in [-0.15, -0.1) is 0 Å². The molecule has 0 bridgehead atoms. The van der Waals surface area contributed by atoms with Crippen molar-refractivity contribution in [2.75, 3.05) is 4.72 Å². The van der Waals surface area contributed by atoms with Gasteiger partial charge in [0.15, 0.2) is 0 Å². The Kier molecular flexibility index (Phi) is 4.39. The molecule has 1 heterocycles. The Morgan fingerprint density at radius 1 is 1.30 bits per heavy atom. The van der Waals surface area contributed by atoms with Gasteiger partial charge in [0, 0.05) is 0 Å². The number of anilines is 1. The molecule has 1 aromatic carbocycles. The molecule has 20 heavy (non-hydrogen) atoms. The molecule has 0 aliphatic carbocycles. The van der Waals surface area contributed by atoms with Crippen LogP contribution >= 0.6 is 15.9 Å². The van der Waals surface area contributed by atoms with E-state index in [1.807, 2.05) is 6.92 Å². The van der Waals surface area contributed by atoms with Crippen molar-refractivity contribution in [3.05, 3.63) is 58.1 Å². The quantitative estimate of drug-likeness (QED) is 0.853. The first kappa shape index (κ1) is 14.9. The lowest BCUT2D eigenvalue weighted by molar-refractivity contribution is 0.600. The number of nitrogens with one attached hydrogen (secondary N) is 1. The number of hydrogen-bond donors (Lipinski definition) is 1. The predicted octanol–water partition coefficient (Wildman–Crippen LogP) is 3.23. The van der Waals surface area contributed by atoms with Gasteiger partial charge in [-0.05, 0) is 52.2 Å². The lowest BCUT2D eigenvalue weighted by Crippen LogP contribution is -2.15. The van der Waals surface area contributed by atoms with Gasteiger partial charge in [-0.1, -0.05) is 12.1 Å². The normalized spacial score (nSPS) is 11.3. The molecule has 0 aliphatic heterocycles. The summed E-state index contributed by atoms with van der Waals surface area (Å²) in [7, 11) is -3.56. The van der Waals surface area contributed by atoms with Crippen LogP contribution in [-0.4, -0.2) is 13.4 Å².